The van der Waals surface area contributed by atoms with E-state index in [1.165, 1.54) is 12.8 Å². The largest absolute Gasteiger partial charge is 0.415 e. The Morgan fingerprint density at radius 2 is 1.87 bits per heavy atom. The number of ether oxygens (including phenoxy) is 1. The highest BCUT2D eigenvalue weighted by Gasteiger charge is 2.14. The molecule has 0 saturated heterocycles. The minimum Gasteiger partial charge on any atom is -0.408 e. The van der Waals surface area contributed by atoms with Gasteiger partial charge in [0.25, 0.3) is 0 Å². The first kappa shape index (κ1) is 24.2. The topological polar surface area (TPSA) is 45.7 Å². The maximum atomic E-state index is 12.1. The Balaban J connectivity index is 0. The second kappa shape index (κ2) is 13.4. The van der Waals surface area contributed by atoms with Crippen molar-refractivity contribution in [1.29, 1.82) is 0 Å². The summed E-state index contributed by atoms with van der Waals surface area (Å²) >= 11 is 0. The molecule has 0 saturated carbocycles. The lowest BCUT2D eigenvalue weighted by Gasteiger charge is -2.18. The zero-order valence-electron chi connectivity index (χ0n) is 14.4. The van der Waals surface area contributed by atoms with Crippen molar-refractivity contribution >= 4 is 30.9 Å². The number of amides is 1. The third-order valence-corrected chi connectivity index (χ3v) is 3.17. The van der Waals surface area contributed by atoms with Crippen molar-refractivity contribution in [3.8, 4) is 5.75 Å². The SMILES string of the molecule is CCCCCCN(C)C(=O)Oc1cccnc1CN(C)C.Cl.Cl. The Morgan fingerprint density at radius 1 is 1.17 bits per heavy atom. The van der Waals surface area contributed by atoms with E-state index < -0.39 is 0 Å². The van der Waals surface area contributed by atoms with Gasteiger partial charge in [-0.25, -0.2) is 4.79 Å². The summed E-state index contributed by atoms with van der Waals surface area (Å²) in [7, 11) is 5.69. The normalized spacial score (nSPS) is 9.78. The van der Waals surface area contributed by atoms with Crippen LogP contribution in [0.4, 0.5) is 4.79 Å². The molecule has 1 aromatic rings. The molecule has 5 nitrogen and oxygen atoms in total. The van der Waals surface area contributed by atoms with E-state index in [2.05, 4.69) is 11.9 Å². The maximum absolute atomic E-state index is 12.1. The van der Waals surface area contributed by atoms with Crippen molar-refractivity contribution in [3.63, 3.8) is 0 Å². The molecule has 1 rings (SSSR count). The standard InChI is InChI=1S/C16H27N3O2.2ClH/c1-5-6-7-8-12-19(4)16(20)21-15-10-9-11-17-14(15)13-18(2)3;;/h9-11H,5-8,12-13H2,1-4H3;2*1H. The van der Waals surface area contributed by atoms with Gasteiger partial charge < -0.3 is 14.5 Å². The molecular weight excluding hydrogens is 337 g/mol. The summed E-state index contributed by atoms with van der Waals surface area (Å²) in [6.07, 6.45) is 5.95. The minimum atomic E-state index is -0.320. The molecule has 1 heterocycles. The quantitative estimate of drug-likeness (QED) is 0.653. The predicted octanol–water partition coefficient (Wildman–Crippen LogP) is 4.00. The number of carbonyl (C=O) groups excluding carboxylic acids is 1. The summed E-state index contributed by atoms with van der Waals surface area (Å²) < 4.78 is 5.46. The third-order valence-electron chi connectivity index (χ3n) is 3.17. The zero-order valence-corrected chi connectivity index (χ0v) is 16.1. The highest BCUT2D eigenvalue weighted by Crippen LogP contribution is 2.17. The predicted molar refractivity (Wildman–Crippen MR) is 98.9 cm³/mol. The van der Waals surface area contributed by atoms with E-state index in [1.54, 1.807) is 30.3 Å². The Labute approximate surface area is 152 Å². The lowest BCUT2D eigenvalue weighted by atomic mass is 10.2. The molecule has 0 aromatic carbocycles. The van der Waals surface area contributed by atoms with Crippen molar-refractivity contribution in [2.24, 2.45) is 0 Å². The summed E-state index contributed by atoms with van der Waals surface area (Å²) in [6.45, 7) is 3.54. The van der Waals surface area contributed by atoms with Gasteiger partial charge in [-0.3, -0.25) is 4.98 Å². The zero-order chi connectivity index (χ0) is 15.7. The van der Waals surface area contributed by atoms with Crippen LogP contribution in [0.1, 0.15) is 38.3 Å². The molecule has 0 aliphatic carbocycles. The highest BCUT2D eigenvalue weighted by atomic mass is 35.5. The van der Waals surface area contributed by atoms with Crippen molar-refractivity contribution < 1.29 is 9.53 Å². The summed E-state index contributed by atoms with van der Waals surface area (Å²) in [5.41, 5.74) is 0.773. The number of nitrogens with zero attached hydrogens (tertiary/aromatic N) is 3. The van der Waals surface area contributed by atoms with Gasteiger partial charge in [0.15, 0.2) is 5.75 Å². The van der Waals surface area contributed by atoms with Gasteiger partial charge >= 0.3 is 6.09 Å². The van der Waals surface area contributed by atoms with E-state index in [0.29, 0.717) is 12.3 Å². The van der Waals surface area contributed by atoms with Crippen LogP contribution in [0, 0.1) is 0 Å². The molecule has 7 heteroatoms. The first-order valence-electron chi connectivity index (χ1n) is 7.56. The van der Waals surface area contributed by atoms with Crippen molar-refractivity contribution in [1.82, 2.24) is 14.8 Å². The molecule has 0 unspecified atom stereocenters. The van der Waals surface area contributed by atoms with E-state index in [0.717, 1.165) is 25.1 Å². The number of rotatable bonds is 8. The van der Waals surface area contributed by atoms with Crippen LogP contribution in [0.2, 0.25) is 0 Å². The monoisotopic (exact) mass is 365 g/mol. The molecule has 0 aliphatic rings. The van der Waals surface area contributed by atoms with Crippen molar-refractivity contribution in [2.75, 3.05) is 27.7 Å². The lowest BCUT2D eigenvalue weighted by molar-refractivity contribution is 0.161. The fourth-order valence-corrected chi connectivity index (χ4v) is 1.97. The van der Waals surface area contributed by atoms with Gasteiger partial charge in [0.1, 0.15) is 0 Å². The fourth-order valence-electron chi connectivity index (χ4n) is 1.97. The molecule has 134 valence electrons. The number of unbranched alkanes of at least 4 members (excludes halogenated alkanes) is 3. The molecule has 0 bridgehead atoms. The number of hydrogen-bond donors (Lipinski definition) is 0. The second-order valence-corrected chi connectivity index (χ2v) is 5.54. The van der Waals surface area contributed by atoms with Crippen LogP contribution < -0.4 is 4.74 Å². The van der Waals surface area contributed by atoms with E-state index in [-0.39, 0.29) is 30.9 Å². The van der Waals surface area contributed by atoms with Crippen LogP contribution in [0.25, 0.3) is 0 Å². The Morgan fingerprint density at radius 3 is 2.48 bits per heavy atom. The van der Waals surface area contributed by atoms with Gasteiger partial charge in [0.05, 0.1) is 5.69 Å². The van der Waals surface area contributed by atoms with Crippen LogP contribution in [0.15, 0.2) is 18.3 Å². The molecule has 0 atom stereocenters. The molecule has 0 N–H and O–H groups in total. The number of aromatic nitrogens is 1. The molecule has 0 aliphatic heterocycles. The molecule has 0 spiro atoms. The van der Waals surface area contributed by atoms with E-state index >= 15 is 0 Å². The molecule has 1 amide bonds. The highest BCUT2D eigenvalue weighted by molar-refractivity contribution is 5.85. The molecule has 23 heavy (non-hydrogen) atoms. The van der Waals surface area contributed by atoms with Crippen LogP contribution >= 0.6 is 24.8 Å². The lowest BCUT2D eigenvalue weighted by Crippen LogP contribution is -2.31. The maximum Gasteiger partial charge on any atom is 0.415 e. The average Bonchev–Trinajstić information content (AvgIpc) is 2.45. The first-order chi connectivity index (χ1) is 10.0. The van der Waals surface area contributed by atoms with Gasteiger partial charge in [0, 0.05) is 26.3 Å². The third kappa shape index (κ3) is 9.64. The van der Waals surface area contributed by atoms with Crippen LogP contribution in [0.5, 0.6) is 5.75 Å². The van der Waals surface area contributed by atoms with E-state index in [4.69, 9.17) is 4.74 Å². The first-order valence-corrected chi connectivity index (χ1v) is 7.56. The number of hydrogen-bond acceptors (Lipinski definition) is 4. The number of halogens is 2. The Kier molecular flexibility index (Phi) is 14.1. The van der Waals surface area contributed by atoms with Crippen LogP contribution in [-0.4, -0.2) is 48.6 Å². The van der Waals surface area contributed by atoms with Crippen LogP contribution in [-0.2, 0) is 6.54 Å². The van der Waals surface area contributed by atoms with Crippen LogP contribution in [0.3, 0.4) is 0 Å². The fraction of sp³-hybridized carbons (Fsp3) is 0.625. The van der Waals surface area contributed by atoms with Gasteiger partial charge in [-0.2, -0.15) is 0 Å². The Hall–Kier alpha value is -1.04. The van der Waals surface area contributed by atoms with Crippen molar-refractivity contribution in [2.45, 2.75) is 39.2 Å². The van der Waals surface area contributed by atoms with Gasteiger partial charge in [0.2, 0.25) is 0 Å². The van der Waals surface area contributed by atoms with Gasteiger partial charge in [-0.1, -0.05) is 26.2 Å². The molecule has 0 fully saturated rings. The summed E-state index contributed by atoms with van der Waals surface area (Å²) in [4.78, 5) is 20.0. The number of pyridine rings is 1. The van der Waals surface area contributed by atoms with E-state index in [1.807, 2.05) is 19.0 Å². The molecular formula is C16H29Cl2N3O2. The smallest absolute Gasteiger partial charge is 0.408 e. The summed E-state index contributed by atoms with van der Waals surface area (Å²) in [5, 5.41) is 0. The summed E-state index contributed by atoms with van der Waals surface area (Å²) in [5.74, 6) is 0.539. The minimum absolute atomic E-state index is 0. The van der Waals surface area contributed by atoms with Crippen molar-refractivity contribution in [3.05, 3.63) is 24.0 Å². The second-order valence-electron chi connectivity index (χ2n) is 5.54. The molecule has 0 radical (unpaired) electrons. The average molecular weight is 366 g/mol. The summed E-state index contributed by atoms with van der Waals surface area (Å²) in [6, 6.07) is 3.57. The van der Waals surface area contributed by atoms with Gasteiger partial charge in [-0.05, 0) is 32.6 Å². The number of carbonyl (C=O) groups is 1. The van der Waals surface area contributed by atoms with E-state index in [9.17, 15) is 4.79 Å². The van der Waals surface area contributed by atoms with Gasteiger partial charge in [-0.15, -0.1) is 24.8 Å². The molecule has 1 aromatic heterocycles. The Bertz CT molecular complexity index is 445.